The third-order valence-electron chi connectivity index (χ3n) is 5.18. The zero-order valence-corrected chi connectivity index (χ0v) is 13.6. The quantitative estimate of drug-likeness (QED) is 0.943. The zero-order chi connectivity index (χ0) is 16.0. The van der Waals surface area contributed by atoms with Crippen molar-refractivity contribution in [3.63, 3.8) is 0 Å². The van der Waals surface area contributed by atoms with Gasteiger partial charge in [0.15, 0.2) is 5.82 Å². The highest BCUT2D eigenvalue weighted by atomic mass is 16.1. The first-order chi connectivity index (χ1) is 11.1. The number of nitrogens with zero attached hydrogens (tertiary/aromatic N) is 3. The average Bonchev–Trinajstić information content (AvgIpc) is 3.20. The Morgan fingerprint density at radius 1 is 1.26 bits per heavy atom. The second-order valence-corrected chi connectivity index (χ2v) is 7.03. The molecule has 0 spiro atoms. The van der Waals surface area contributed by atoms with Crippen molar-refractivity contribution in [1.82, 2.24) is 14.8 Å². The highest BCUT2D eigenvalue weighted by Gasteiger charge is 2.42. The van der Waals surface area contributed by atoms with E-state index in [-0.39, 0.29) is 11.8 Å². The van der Waals surface area contributed by atoms with Gasteiger partial charge in [0.25, 0.3) is 0 Å². The summed E-state index contributed by atoms with van der Waals surface area (Å²) in [5.74, 6) is 2.76. The Bertz CT molecular complexity index is 741. The molecule has 0 atom stereocenters. The molecule has 0 aliphatic heterocycles. The molecule has 0 saturated heterocycles. The third kappa shape index (κ3) is 2.87. The summed E-state index contributed by atoms with van der Waals surface area (Å²) in [7, 11) is 1.85. The highest BCUT2D eigenvalue weighted by molar-refractivity contribution is 5.93. The lowest BCUT2D eigenvalue weighted by atomic mass is 9.72. The molecular weight excluding hydrogens is 288 g/mol. The van der Waals surface area contributed by atoms with E-state index in [1.165, 1.54) is 12.8 Å². The van der Waals surface area contributed by atoms with E-state index in [0.29, 0.717) is 5.82 Å². The summed E-state index contributed by atoms with van der Waals surface area (Å²) < 4.78 is 1.69. The molecule has 5 nitrogen and oxygen atoms in total. The number of rotatable bonds is 4. The molecule has 0 unspecified atom stereocenters. The van der Waals surface area contributed by atoms with Gasteiger partial charge in [-0.1, -0.05) is 6.07 Å². The van der Waals surface area contributed by atoms with Gasteiger partial charge in [0.1, 0.15) is 6.33 Å². The number of carbonyl (C=O) groups excluding carboxylic acids is 1. The molecule has 1 N–H and O–H groups in total. The van der Waals surface area contributed by atoms with Crippen molar-refractivity contribution in [2.24, 2.45) is 24.8 Å². The maximum absolute atomic E-state index is 12.4. The molecule has 2 aliphatic carbocycles. The monoisotopic (exact) mass is 310 g/mol. The van der Waals surface area contributed by atoms with Crippen molar-refractivity contribution in [2.45, 2.75) is 32.6 Å². The Kier molecular flexibility index (Phi) is 3.43. The summed E-state index contributed by atoms with van der Waals surface area (Å²) >= 11 is 0. The molecular formula is C18H22N4O. The maximum Gasteiger partial charge on any atom is 0.227 e. The molecule has 1 heterocycles. The van der Waals surface area contributed by atoms with Crippen LogP contribution in [-0.4, -0.2) is 20.7 Å². The van der Waals surface area contributed by atoms with E-state index < -0.39 is 0 Å². The first-order valence-corrected chi connectivity index (χ1v) is 8.37. The first kappa shape index (κ1) is 14.4. The SMILES string of the molecule is Cc1ccc(NC(=O)C2CC(C3CC3)C2)cc1-c1ncn(C)n1. The lowest BCUT2D eigenvalue weighted by Gasteiger charge is -2.34. The Morgan fingerprint density at radius 2 is 2.04 bits per heavy atom. The zero-order valence-electron chi connectivity index (χ0n) is 13.6. The molecule has 0 radical (unpaired) electrons. The molecule has 0 bridgehead atoms. The predicted octanol–water partition coefficient (Wildman–Crippen LogP) is 3.17. The summed E-state index contributed by atoms with van der Waals surface area (Å²) in [5.41, 5.74) is 2.90. The summed E-state index contributed by atoms with van der Waals surface area (Å²) in [6.07, 6.45) is 6.56. The van der Waals surface area contributed by atoms with Crippen LogP contribution < -0.4 is 5.32 Å². The van der Waals surface area contributed by atoms with Gasteiger partial charge in [0.05, 0.1) is 0 Å². The Hall–Kier alpha value is -2.17. The van der Waals surface area contributed by atoms with E-state index in [9.17, 15) is 4.79 Å². The second-order valence-electron chi connectivity index (χ2n) is 7.03. The number of benzene rings is 1. The minimum atomic E-state index is 0.158. The van der Waals surface area contributed by atoms with Crippen LogP contribution in [-0.2, 0) is 11.8 Å². The van der Waals surface area contributed by atoms with Crippen molar-refractivity contribution in [3.05, 3.63) is 30.1 Å². The van der Waals surface area contributed by atoms with Crippen LogP contribution in [0.15, 0.2) is 24.5 Å². The summed E-state index contributed by atoms with van der Waals surface area (Å²) in [5, 5.41) is 7.42. The van der Waals surface area contributed by atoms with Crippen LogP contribution in [0.4, 0.5) is 5.69 Å². The molecule has 1 aromatic carbocycles. The van der Waals surface area contributed by atoms with Crippen molar-refractivity contribution in [2.75, 3.05) is 5.32 Å². The summed E-state index contributed by atoms with van der Waals surface area (Å²) in [6, 6.07) is 5.94. The van der Waals surface area contributed by atoms with Gasteiger partial charge in [0, 0.05) is 24.2 Å². The molecule has 23 heavy (non-hydrogen) atoms. The molecule has 2 aromatic rings. The van der Waals surface area contributed by atoms with Gasteiger partial charge < -0.3 is 5.32 Å². The average molecular weight is 310 g/mol. The Morgan fingerprint density at radius 3 is 2.70 bits per heavy atom. The van der Waals surface area contributed by atoms with Crippen molar-refractivity contribution < 1.29 is 4.79 Å². The lowest BCUT2D eigenvalue weighted by molar-refractivity contribution is -0.124. The largest absolute Gasteiger partial charge is 0.326 e. The lowest BCUT2D eigenvalue weighted by Crippen LogP contribution is -2.35. The number of nitrogens with one attached hydrogen (secondary N) is 1. The van der Waals surface area contributed by atoms with Crippen LogP contribution in [0.25, 0.3) is 11.4 Å². The third-order valence-corrected chi connectivity index (χ3v) is 5.18. The number of aromatic nitrogens is 3. The topological polar surface area (TPSA) is 59.8 Å². The normalized spacial score (nSPS) is 23.4. The van der Waals surface area contributed by atoms with E-state index in [1.807, 2.05) is 32.2 Å². The van der Waals surface area contributed by atoms with Crippen LogP contribution in [0.1, 0.15) is 31.2 Å². The van der Waals surface area contributed by atoms with Crippen LogP contribution in [0, 0.1) is 24.7 Å². The minimum Gasteiger partial charge on any atom is -0.326 e. The maximum atomic E-state index is 12.4. The van der Waals surface area contributed by atoms with E-state index in [2.05, 4.69) is 15.4 Å². The number of aryl methyl sites for hydroxylation is 2. The van der Waals surface area contributed by atoms with E-state index >= 15 is 0 Å². The van der Waals surface area contributed by atoms with Gasteiger partial charge in [-0.05, 0) is 62.1 Å². The van der Waals surface area contributed by atoms with Gasteiger partial charge in [-0.25, -0.2) is 4.98 Å². The van der Waals surface area contributed by atoms with E-state index in [0.717, 1.165) is 41.5 Å². The van der Waals surface area contributed by atoms with Crippen molar-refractivity contribution in [3.8, 4) is 11.4 Å². The van der Waals surface area contributed by atoms with Crippen molar-refractivity contribution in [1.29, 1.82) is 0 Å². The smallest absolute Gasteiger partial charge is 0.227 e. The summed E-state index contributed by atoms with van der Waals surface area (Å²) in [4.78, 5) is 16.7. The molecule has 2 aliphatic rings. The van der Waals surface area contributed by atoms with Gasteiger partial charge in [-0.3, -0.25) is 9.48 Å². The number of carbonyl (C=O) groups is 1. The number of amides is 1. The van der Waals surface area contributed by atoms with Gasteiger partial charge in [0.2, 0.25) is 5.91 Å². The molecule has 1 aromatic heterocycles. The number of hydrogen-bond acceptors (Lipinski definition) is 3. The van der Waals surface area contributed by atoms with Crippen molar-refractivity contribution >= 4 is 11.6 Å². The molecule has 120 valence electrons. The summed E-state index contributed by atoms with van der Waals surface area (Å²) in [6.45, 7) is 2.03. The first-order valence-electron chi connectivity index (χ1n) is 8.37. The van der Waals surface area contributed by atoms with Gasteiger partial charge in [-0.15, -0.1) is 0 Å². The highest BCUT2D eigenvalue weighted by Crippen LogP contribution is 2.49. The fourth-order valence-electron chi connectivity index (χ4n) is 3.48. The fraction of sp³-hybridized carbons (Fsp3) is 0.500. The molecule has 5 heteroatoms. The van der Waals surface area contributed by atoms with Gasteiger partial charge in [-0.2, -0.15) is 5.10 Å². The van der Waals surface area contributed by atoms with Crippen LogP contribution in [0.2, 0.25) is 0 Å². The molecule has 1 amide bonds. The predicted molar refractivity (Wildman–Crippen MR) is 88.7 cm³/mol. The minimum absolute atomic E-state index is 0.158. The molecule has 2 saturated carbocycles. The van der Waals surface area contributed by atoms with Crippen LogP contribution in [0.3, 0.4) is 0 Å². The van der Waals surface area contributed by atoms with Crippen LogP contribution >= 0.6 is 0 Å². The van der Waals surface area contributed by atoms with Crippen LogP contribution in [0.5, 0.6) is 0 Å². The van der Waals surface area contributed by atoms with E-state index in [4.69, 9.17) is 0 Å². The Balaban J connectivity index is 1.45. The standard InChI is InChI=1S/C18H22N4O/c1-11-3-6-15(9-16(11)17-19-10-22(2)21-17)20-18(23)14-7-13(8-14)12-4-5-12/h3,6,9-10,12-14H,4-5,7-8H2,1-2H3,(H,20,23). The number of anilines is 1. The Labute approximate surface area is 136 Å². The second kappa shape index (κ2) is 5.48. The van der Waals surface area contributed by atoms with Gasteiger partial charge >= 0.3 is 0 Å². The molecule has 4 rings (SSSR count). The molecule has 2 fully saturated rings. The van der Waals surface area contributed by atoms with E-state index in [1.54, 1.807) is 11.0 Å². The number of hydrogen-bond donors (Lipinski definition) is 1. The fourth-order valence-corrected chi connectivity index (χ4v) is 3.48.